The lowest BCUT2D eigenvalue weighted by atomic mass is 9.94. The second-order valence-corrected chi connectivity index (χ2v) is 6.50. The SMILES string of the molecule is C[C@H](CCOC(=O)CS)[C@H](O)c1cc(Br)cc(Br)c1O. The van der Waals surface area contributed by atoms with Crippen LogP contribution in [0.25, 0.3) is 0 Å². The number of hydrogen-bond acceptors (Lipinski definition) is 5. The van der Waals surface area contributed by atoms with Crippen LogP contribution in [0.2, 0.25) is 0 Å². The van der Waals surface area contributed by atoms with E-state index >= 15 is 0 Å². The van der Waals surface area contributed by atoms with Gasteiger partial charge in [0, 0.05) is 10.0 Å². The third kappa shape index (κ3) is 4.95. The van der Waals surface area contributed by atoms with E-state index in [9.17, 15) is 15.0 Å². The summed E-state index contributed by atoms with van der Waals surface area (Å²) in [5.41, 5.74) is 0.430. The third-order valence-corrected chi connectivity index (χ3v) is 4.20. The first-order chi connectivity index (χ1) is 9.36. The van der Waals surface area contributed by atoms with Crippen molar-refractivity contribution in [2.24, 2.45) is 5.92 Å². The Labute approximate surface area is 140 Å². The molecule has 0 saturated carbocycles. The van der Waals surface area contributed by atoms with Crippen LogP contribution in [0.1, 0.15) is 25.0 Å². The maximum atomic E-state index is 11.0. The molecule has 0 aromatic heterocycles. The molecule has 0 bridgehead atoms. The van der Waals surface area contributed by atoms with E-state index in [1.54, 1.807) is 12.1 Å². The van der Waals surface area contributed by atoms with Gasteiger partial charge < -0.3 is 14.9 Å². The van der Waals surface area contributed by atoms with Gasteiger partial charge in [-0.1, -0.05) is 22.9 Å². The van der Waals surface area contributed by atoms with Gasteiger partial charge in [0.2, 0.25) is 0 Å². The van der Waals surface area contributed by atoms with Crippen molar-refractivity contribution in [3.05, 3.63) is 26.6 Å². The topological polar surface area (TPSA) is 66.8 Å². The van der Waals surface area contributed by atoms with Crippen molar-refractivity contribution in [1.29, 1.82) is 0 Å². The molecule has 7 heteroatoms. The van der Waals surface area contributed by atoms with Crippen LogP contribution in [0.3, 0.4) is 0 Å². The van der Waals surface area contributed by atoms with Crippen LogP contribution < -0.4 is 0 Å². The van der Waals surface area contributed by atoms with E-state index in [1.165, 1.54) is 0 Å². The molecule has 112 valence electrons. The fraction of sp³-hybridized carbons (Fsp3) is 0.462. The number of esters is 1. The minimum Gasteiger partial charge on any atom is -0.506 e. The van der Waals surface area contributed by atoms with Crippen LogP contribution in [0.4, 0.5) is 0 Å². The van der Waals surface area contributed by atoms with Crippen LogP contribution in [0.15, 0.2) is 21.1 Å². The number of phenolic OH excluding ortho intramolecular Hbond substituents is 1. The average Bonchev–Trinajstić information content (AvgIpc) is 2.41. The van der Waals surface area contributed by atoms with E-state index in [4.69, 9.17) is 4.74 Å². The van der Waals surface area contributed by atoms with Crippen molar-refractivity contribution in [3.63, 3.8) is 0 Å². The molecule has 0 saturated heterocycles. The van der Waals surface area contributed by atoms with Gasteiger partial charge in [-0.15, -0.1) is 0 Å². The highest BCUT2D eigenvalue weighted by molar-refractivity contribution is 9.11. The number of rotatable bonds is 6. The van der Waals surface area contributed by atoms with Gasteiger partial charge in [-0.25, -0.2) is 0 Å². The van der Waals surface area contributed by atoms with Crippen LogP contribution >= 0.6 is 44.5 Å². The number of carbonyl (C=O) groups is 1. The second-order valence-electron chi connectivity index (χ2n) is 4.41. The number of hydrogen-bond donors (Lipinski definition) is 3. The monoisotopic (exact) mass is 426 g/mol. The van der Waals surface area contributed by atoms with Crippen LogP contribution in [-0.2, 0) is 9.53 Å². The summed E-state index contributed by atoms with van der Waals surface area (Å²) in [6.45, 7) is 2.04. The van der Waals surface area contributed by atoms with Crippen molar-refractivity contribution in [3.8, 4) is 5.75 Å². The molecule has 0 aliphatic rings. The zero-order chi connectivity index (χ0) is 15.3. The summed E-state index contributed by atoms with van der Waals surface area (Å²) in [5, 5.41) is 20.3. The number of phenols is 1. The first kappa shape index (κ1) is 17.8. The zero-order valence-corrected chi connectivity index (χ0v) is 14.9. The predicted octanol–water partition coefficient (Wildman–Crippen LogP) is 3.45. The van der Waals surface area contributed by atoms with Gasteiger partial charge in [-0.3, -0.25) is 4.79 Å². The molecule has 1 aromatic carbocycles. The van der Waals surface area contributed by atoms with Crippen LogP contribution in [0, 0.1) is 5.92 Å². The standard InChI is InChI=1S/C13H16Br2O4S/c1-7(2-3-19-11(16)6-20)12(17)9-4-8(14)5-10(15)13(9)18/h4-5,7,12,17-18,20H,2-3,6H2,1H3/t7-,12+/m1/s1. The number of carbonyl (C=O) groups excluding carboxylic acids is 1. The van der Waals surface area contributed by atoms with Crippen molar-refractivity contribution >= 4 is 50.5 Å². The van der Waals surface area contributed by atoms with Gasteiger partial charge in [-0.2, -0.15) is 12.6 Å². The number of thiol groups is 1. The summed E-state index contributed by atoms with van der Waals surface area (Å²) in [5.74, 6) is -0.506. The van der Waals surface area contributed by atoms with Crippen molar-refractivity contribution in [2.45, 2.75) is 19.4 Å². The molecular formula is C13H16Br2O4S. The molecule has 0 amide bonds. The number of aliphatic hydroxyl groups excluding tert-OH is 1. The van der Waals surface area contributed by atoms with Crippen LogP contribution in [-0.4, -0.2) is 28.5 Å². The molecule has 0 aliphatic heterocycles. The second kappa shape index (κ2) is 8.26. The van der Waals surface area contributed by atoms with Crippen molar-refractivity contribution in [2.75, 3.05) is 12.4 Å². The lowest BCUT2D eigenvalue weighted by molar-refractivity contribution is -0.141. The summed E-state index contributed by atoms with van der Waals surface area (Å²) < 4.78 is 6.18. The number of halogens is 2. The van der Waals surface area contributed by atoms with Gasteiger partial charge >= 0.3 is 5.97 Å². The highest BCUT2D eigenvalue weighted by Gasteiger charge is 2.21. The van der Waals surface area contributed by atoms with E-state index in [0.717, 1.165) is 4.47 Å². The quantitative estimate of drug-likeness (QED) is 0.480. The highest BCUT2D eigenvalue weighted by Crippen LogP contribution is 2.38. The molecule has 20 heavy (non-hydrogen) atoms. The highest BCUT2D eigenvalue weighted by atomic mass is 79.9. The molecule has 2 atom stereocenters. The molecule has 0 spiro atoms. The minimum absolute atomic E-state index is 0.0138. The van der Waals surface area contributed by atoms with Crippen molar-refractivity contribution in [1.82, 2.24) is 0 Å². The van der Waals surface area contributed by atoms with E-state index in [-0.39, 0.29) is 30.0 Å². The summed E-state index contributed by atoms with van der Waals surface area (Å²) in [6.07, 6.45) is -0.358. The molecule has 2 N–H and O–H groups in total. The average molecular weight is 428 g/mol. The van der Waals surface area contributed by atoms with Gasteiger partial charge in [0.25, 0.3) is 0 Å². The number of aliphatic hydroxyl groups is 1. The van der Waals surface area contributed by atoms with E-state index in [2.05, 4.69) is 44.5 Å². The maximum absolute atomic E-state index is 11.0. The third-order valence-electron chi connectivity index (χ3n) is 2.88. The Hall–Kier alpha value is -0.240. The van der Waals surface area contributed by atoms with E-state index in [0.29, 0.717) is 16.5 Å². The summed E-state index contributed by atoms with van der Waals surface area (Å²) in [4.78, 5) is 11.0. The Kier molecular flexibility index (Phi) is 7.36. The maximum Gasteiger partial charge on any atom is 0.315 e. The van der Waals surface area contributed by atoms with Gasteiger partial charge in [0.05, 0.1) is 22.9 Å². The smallest absolute Gasteiger partial charge is 0.315 e. The Morgan fingerprint density at radius 1 is 1.45 bits per heavy atom. The summed E-state index contributed by atoms with van der Waals surface area (Å²) >= 11 is 10.3. The lowest BCUT2D eigenvalue weighted by Crippen LogP contribution is -2.14. The Bertz CT molecular complexity index is 482. The van der Waals surface area contributed by atoms with Crippen molar-refractivity contribution < 1.29 is 19.7 Å². The van der Waals surface area contributed by atoms with Gasteiger partial charge in [0.15, 0.2) is 0 Å². The molecule has 0 aliphatic carbocycles. The zero-order valence-electron chi connectivity index (χ0n) is 10.8. The predicted molar refractivity (Wildman–Crippen MR) is 87.1 cm³/mol. The van der Waals surface area contributed by atoms with Crippen LogP contribution in [0.5, 0.6) is 5.75 Å². The Balaban J connectivity index is 2.69. The number of ether oxygens (including phenoxy) is 1. The lowest BCUT2D eigenvalue weighted by Gasteiger charge is -2.20. The first-order valence-electron chi connectivity index (χ1n) is 5.99. The molecule has 4 nitrogen and oxygen atoms in total. The summed E-state index contributed by atoms with van der Waals surface area (Å²) in [6, 6.07) is 3.37. The number of benzene rings is 1. The van der Waals surface area contributed by atoms with Gasteiger partial charge in [-0.05, 0) is 40.4 Å². The molecule has 0 radical (unpaired) electrons. The molecule has 1 aromatic rings. The Morgan fingerprint density at radius 3 is 2.70 bits per heavy atom. The number of aromatic hydroxyl groups is 1. The molecule has 1 rings (SSSR count). The summed E-state index contributed by atoms with van der Waals surface area (Å²) in [7, 11) is 0. The Morgan fingerprint density at radius 2 is 2.10 bits per heavy atom. The normalized spacial score (nSPS) is 13.8. The fourth-order valence-corrected chi connectivity index (χ4v) is 3.03. The van der Waals surface area contributed by atoms with E-state index < -0.39 is 6.10 Å². The fourth-order valence-electron chi connectivity index (χ4n) is 1.68. The molecular weight excluding hydrogens is 412 g/mol. The minimum atomic E-state index is -0.849. The molecule has 0 heterocycles. The molecule has 0 fully saturated rings. The van der Waals surface area contributed by atoms with E-state index in [1.807, 2.05) is 6.92 Å². The first-order valence-corrected chi connectivity index (χ1v) is 8.21. The molecule has 0 unspecified atom stereocenters. The van der Waals surface area contributed by atoms with Gasteiger partial charge in [0.1, 0.15) is 5.75 Å². The largest absolute Gasteiger partial charge is 0.506 e.